The molecule has 2 atom stereocenters. The van der Waals surface area contributed by atoms with E-state index in [0.717, 1.165) is 47.2 Å². The van der Waals surface area contributed by atoms with E-state index in [1.165, 1.54) is 11.6 Å². The van der Waals surface area contributed by atoms with Gasteiger partial charge in [0, 0.05) is 47.9 Å². The third-order valence-corrected chi connectivity index (χ3v) is 7.78. The average Bonchev–Trinajstić information content (AvgIpc) is 3.13. The number of phenols is 1. The molecule has 0 saturated carbocycles. The quantitative estimate of drug-likeness (QED) is 0.432. The Balaban J connectivity index is 1.46. The van der Waals surface area contributed by atoms with Crippen molar-refractivity contribution in [2.24, 2.45) is 0 Å². The lowest BCUT2D eigenvalue weighted by atomic mass is 9.56. The molecule has 3 aromatic carbocycles. The van der Waals surface area contributed by atoms with Crippen molar-refractivity contribution in [2.45, 2.75) is 36.8 Å². The zero-order chi connectivity index (χ0) is 22.6. The summed E-state index contributed by atoms with van der Waals surface area (Å²) in [7, 11) is 0. The molecule has 0 spiro atoms. The second-order valence-corrected chi connectivity index (χ2v) is 9.74. The summed E-state index contributed by atoms with van der Waals surface area (Å²) in [4.78, 5) is 5.82. The van der Waals surface area contributed by atoms with Crippen LogP contribution < -0.4 is 0 Å². The number of aromatic amines is 1. The number of nitrogens with one attached hydrogen (secondary N) is 1. The first-order valence-electron chi connectivity index (χ1n) is 11.5. The molecule has 0 radical (unpaired) electrons. The van der Waals surface area contributed by atoms with Crippen LogP contribution in [-0.4, -0.2) is 38.8 Å². The molecule has 2 heterocycles. The fourth-order valence-corrected chi connectivity index (χ4v) is 6.18. The van der Waals surface area contributed by atoms with Gasteiger partial charge in [-0.15, -0.1) is 0 Å². The lowest BCUT2D eigenvalue weighted by Gasteiger charge is -2.56. The number of aliphatic hydroxyl groups is 1. The summed E-state index contributed by atoms with van der Waals surface area (Å²) >= 11 is 0. The minimum Gasteiger partial charge on any atom is -0.508 e. The molecule has 0 amide bonds. The Bertz CT molecular complexity index is 1330. The number of H-pyrrole nitrogens is 1. The van der Waals surface area contributed by atoms with Crippen LogP contribution in [0.25, 0.3) is 10.9 Å². The highest BCUT2D eigenvalue weighted by molar-refractivity contribution is 5.85. The summed E-state index contributed by atoms with van der Waals surface area (Å²) in [6.45, 7) is 2.13. The SMILES string of the molecule is Oc1cccc(C23CCN(Cc4ccccc4)CC2(O)Cc2c([nH]c4ccc(F)cc24)C3)c1. The van der Waals surface area contributed by atoms with Crippen molar-refractivity contribution < 1.29 is 14.6 Å². The van der Waals surface area contributed by atoms with Gasteiger partial charge in [0.1, 0.15) is 11.6 Å². The van der Waals surface area contributed by atoms with Crippen LogP contribution in [0.2, 0.25) is 0 Å². The van der Waals surface area contributed by atoms with Crippen LogP contribution in [0.5, 0.6) is 5.75 Å². The van der Waals surface area contributed by atoms with E-state index in [4.69, 9.17) is 0 Å². The van der Waals surface area contributed by atoms with Crippen molar-refractivity contribution in [1.29, 1.82) is 0 Å². The Hall–Kier alpha value is -3.15. The molecule has 1 aromatic heterocycles. The Morgan fingerprint density at radius 1 is 0.970 bits per heavy atom. The summed E-state index contributed by atoms with van der Waals surface area (Å²) in [5.74, 6) is -0.0593. The van der Waals surface area contributed by atoms with Crippen LogP contribution in [0.1, 0.15) is 28.8 Å². The van der Waals surface area contributed by atoms with Gasteiger partial charge in [-0.05, 0) is 60.0 Å². The zero-order valence-corrected chi connectivity index (χ0v) is 18.4. The molecule has 168 valence electrons. The molecular formula is C28H27FN2O2. The molecule has 33 heavy (non-hydrogen) atoms. The number of likely N-dealkylation sites (tertiary alicyclic amines) is 1. The van der Waals surface area contributed by atoms with Crippen LogP contribution in [0.15, 0.2) is 72.8 Å². The van der Waals surface area contributed by atoms with Gasteiger partial charge in [-0.25, -0.2) is 4.39 Å². The van der Waals surface area contributed by atoms with Crippen LogP contribution in [0.3, 0.4) is 0 Å². The summed E-state index contributed by atoms with van der Waals surface area (Å²) in [6, 6.07) is 22.5. The van der Waals surface area contributed by atoms with Gasteiger partial charge in [-0.1, -0.05) is 42.5 Å². The van der Waals surface area contributed by atoms with E-state index >= 15 is 0 Å². The molecule has 2 unspecified atom stereocenters. The molecule has 6 rings (SSSR count). The number of rotatable bonds is 3. The highest BCUT2D eigenvalue weighted by atomic mass is 19.1. The van der Waals surface area contributed by atoms with Crippen molar-refractivity contribution >= 4 is 10.9 Å². The third-order valence-electron chi connectivity index (χ3n) is 7.78. The minimum atomic E-state index is -1.05. The Morgan fingerprint density at radius 3 is 2.64 bits per heavy atom. The average molecular weight is 443 g/mol. The first-order chi connectivity index (χ1) is 16.0. The van der Waals surface area contributed by atoms with Gasteiger partial charge in [-0.2, -0.15) is 0 Å². The molecular weight excluding hydrogens is 415 g/mol. The number of nitrogens with zero attached hydrogens (tertiary/aromatic N) is 1. The molecule has 1 fully saturated rings. The van der Waals surface area contributed by atoms with E-state index in [-0.39, 0.29) is 11.6 Å². The van der Waals surface area contributed by atoms with E-state index in [1.54, 1.807) is 24.3 Å². The molecule has 2 aliphatic rings. The number of aromatic hydroxyl groups is 1. The molecule has 4 nitrogen and oxygen atoms in total. The lowest BCUT2D eigenvalue weighted by molar-refractivity contribution is -0.105. The number of phenolic OH excluding ortho intramolecular Hbond substituents is 1. The van der Waals surface area contributed by atoms with Gasteiger partial charge in [-0.3, -0.25) is 4.90 Å². The molecule has 1 saturated heterocycles. The monoisotopic (exact) mass is 442 g/mol. The Morgan fingerprint density at radius 2 is 1.82 bits per heavy atom. The standard InChI is InChI=1S/C28H27FN2O2/c29-21-9-10-25-23(14-21)24-15-28(33)18-31(17-19-5-2-1-3-6-19)12-11-27(28,16-26(24)30-25)20-7-4-8-22(32)13-20/h1-10,13-14,30,32-33H,11-12,15-18H2. The fraction of sp³-hybridized carbons (Fsp3) is 0.286. The smallest absolute Gasteiger partial charge is 0.123 e. The van der Waals surface area contributed by atoms with Crippen LogP contribution in [0, 0.1) is 5.82 Å². The second-order valence-electron chi connectivity index (χ2n) is 9.74. The first-order valence-corrected chi connectivity index (χ1v) is 11.5. The largest absolute Gasteiger partial charge is 0.508 e. The number of benzene rings is 3. The van der Waals surface area contributed by atoms with E-state index in [0.29, 0.717) is 19.4 Å². The van der Waals surface area contributed by atoms with Crippen LogP contribution in [0.4, 0.5) is 4.39 Å². The van der Waals surface area contributed by atoms with E-state index in [9.17, 15) is 14.6 Å². The van der Waals surface area contributed by atoms with Crippen LogP contribution >= 0.6 is 0 Å². The van der Waals surface area contributed by atoms with Crippen molar-refractivity contribution in [2.75, 3.05) is 13.1 Å². The predicted octanol–water partition coefficient (Wildman–Crippen LogP) is 4.69. The fourth-order valence-electron chi connectivity index (χ4n) is 6.18. The number of hydrogen-bond acceptors (Lipinski definition) is 3. The number of piperidine rings is 1. The molecule has 4 aromatic rings. The van der Waals surface area contributed by atoms with E-state index < -0.39 is 11.0 Å². The van der Waals surface area contributed by atoms with Gasteiger partial charge in [0.15, 0.2) is 0 Å². The van der Waals surface area contributed by atoms with Gasteiger partial charge in [0.05, 0.1) is 5.60 Å². The van der Waals surface area contributed by atoms with Gasteiger partial charge < -0.3 is 15.2 Å². The molecule has 3 N–H and O–H groups in total. The number of halogens is 1. The number of aromatic nitrogens is 1. The normalized spacial score (nSPS) is 25.0. The van der Waals surface area contributed by atoms with Gasteiger partial charge >= 0.3 is 0 Å². The maximum atomic E-state index is 14.1. The number of hydrogen-bond donors (Lipinski definition) is 3. The Kier molecular flexibility index (Phi) is 4.61. The van der Waals surface area contributed by atoms with Crippen LogP contribution in [-0.2, 0) is 24.8 Å². The highest BCUT2D eigenvalue weighted by Crippen LogP contribution is 2.52. The topological polar surface area (TPSA) is 59.5 Å². The van der Waals surface area contributed by atoms with E-state index in [2.05, 4.69) is 22.0 Å². The first kappa shape index (κ1) is 20.5. The second kappa shape index (κ2) is 7.44. The van der Waals surface area contributed by atoms with Gasteiger partial charge in [0.25, 0.3) is 0 Å². The molecule has 0 bridgehead atoms. The summed E-state index contributed by atoms with van der Waals surface area (Å²) in [5.41, 5.74) is 3.55. The summed E-state index contributed by atoms with van der Waals surface area (Å²) < 4.78 is 14.1. The highest BCUT2D eigenvalue weighted by Gasteiger charge is 2.57. The number of fused-ring (bicyclic) bond motifs is 4. The maximum Gasteiger partial charge on any atom is 0.123 e. The number of β-amino-alcohol motifs (C(OH)–C–C–N with tert-alkyl or cyclic N) is 1. The van der Waals surface area contributed by atoms with E-state index in [1.807, 2.05) is 30.3 Å². The third kappa shape index (κ3) is 3.26. The predicted molar refractivity (Wildman–Crippen MR) is 127 cm³/mol. The van der Waals surface area contributed by atoms with Crippen molar-refractivity contribution in [3.63, 3.8) is 0 Å². The molecule has 1 aliphatic heterocycles. The Labute approximate surface area is 192 Å². The van der Waals surface area contributed by atoms with Crippen molar-refractivity contribution in [3.8, 4) is 5.75 Å². The molecule has 1 aliphatic carbocycles. The minimum absolute atomic E-state index is 0.209. The van der Waals surface area contributed by atoms with Crippen molar-refractivity contribution in [1.82, 2.24) is 9.88 Å². The summed E-state index contributed by atoms with van der Waals surface area (Å²) in [5, 5.41) is 23.5. The zero-order valence-electron chi connectivity index (χ0n) is 18.4. The maximum absolute atomic E-state index is 14.1. The summed E-state index contributed by atoms with van der Waals surface area (Å²) in [6.07, 6.45) is 1.83. The van der Waals surface area contributed by atoms with Crippen molar-refractivity contribution in [3.05, 3.63) is 101 Å². The molecule has 5 heteroatoms. The van der Waals surface area contributed by atoms with Gasteiger partial charge in [0.2, 0.25) is 0 Å². The lowest BCUT2D eigenvalue weighted by Crippen LogP contribution is -2.66.